The van der Waals surface area contributed by atoms with Gasteiger partial charge in [-0.1, -0.05) is 12.1 Å². The largest absolute Gasteiger partial charge is 0.336 e. The number of amides is 3. The van der Waals surface area contributed by atoms with E-state index in [2.05, 4.69) is 10.3 Å². The smallest absolute Gasteiger partial charge is 0.323 e. The second-order valence-corrected chi connectivity index (χ2v) is 6.39. The van der Waals surface area contributed by atoms with E-state index in [0.29, 0.717) is 25.2 Å². The van der Waals surface area contributed by atoms with E-state index in [4.69, 9.17) is 0 Å². The Labute approximate surface area is 155 Å². The molecule has 0 bridgehead atoms. The van der Waals surface area contributed by atoms with Crippen LogP contribution in [-0.4, -0.2) is 41.5 Å². The number of carbonyl (C=O) groups excluding carboxylic acids is 2. The second-order valence-electron chi connectivity index (χ2n) is 6.39. The first-order valence-corrected chi connectivity index (χ1v) is 8.63. The van der Waals surface area contributed by atoms with Crippen molar-refractivity contribution in [2.75, 3.05) is 18.5 Å². The summed E-state index contributed by atoms with van der Waals surface area (Å²) >= 11 is 0. The third kappa shape index (κ3) is 4.39. The number of likely N-dealkylation sites (tertiary alicyclic amines) is 1. The molecule has 0 unspecified atom stereocenters. The van der Waals surface area contributed by atoms with Gasteiger partial charge in [0.25, 0.3) is 0 Å². The van der Waals surface area contributed by atoms with Crippen LogP contribution in [0.3, 0.4) is 0 Å². The van der Waals surface area contributed by atoms with Gasteiger partial charge in [0, 0.05) is 38.0 Å². The zero-order chi connectivity index (χ0) is 19.4. The Hall–Kier alpha value is -3.03. The number of nitrogens with one attached hydrogen (secondary N) is 1. The molecule has 0 radical (unpaired) electrons. The molecular formula is C19H20F2N4O2. The minimum atomic E-state index is -0.694. The Morgan fingerprint density at radius 3 is 2.85 bits per heavy atom. The minimum absolute atomic E-state index is 0.0351. The van der Waals surface area contributed by atoms with Crippen LogP contribution in [0.25, 0.3) is 0 Å². The third-order valence-electron chi connectivity index (χ3n) is 4.50. The van der Waals surface area contributed by atoms with Gasteiger partial charge < -0.3 is 10.2 Å². The molecule has 1 aromatic carbocycles. The number of halogens is 2. The minimum Gasteiger partial charge on any atom is -0.336 e. The van der Waals surface area contributed by atoms with E-state index in [1.54, 1.807) is 31.4 Å². The first-order chi connectivity index (χ1) is 13.0. The molecule has 3 amide bonds. The number of hydrogen-bond donors (Lipinski definition) is 1. The summed E-state index contributed by atoms with van der Waals surface area (Å²) in [5.41, 5.74) is 0.238. The van der Waals surface area contributed by atoms with Gasteiger partial charge in [0.1, 0.15) is 23.5 Å². The number of hydrogen-bond acceptors (Lipinski definition) is 3. The fourth-order valence-electron chi connectivity index (χ4n) is 2.99. The zero-order valence-electron chi connectivity index (χ0n) is 14.9. The Bertz CT molecular complexity index is 832. The van der Waals surface area contributed by atoms with E-state index in [0.717, 1.165) is 12.1 Å². The van der Waals surface area contributed by atoms with Gasteiger partial charge in [0.15, 0.2) is 0 Å². The van der Waals surface area contributed by atoms with Crippen molar-refractivity contribution < 1.29 is 18.4 Å². The molecule has 1 saturated heterocycles. The summed E-state index contributed by atoms with van der Waals surface area (Å²) in [6, 6.07) is 7.34. The van der Waals surface area contributed by atoms with Gasteiger partial charge in [0.05, 0.1) is 0 Å². The van der Waals surface area contributed by atoms with E-state index in [9.17, 15) is 18.4 Å². The van der Waals surface area contributed by atoms with Crippen LogP contribution in [0.4, 0.5) is 19.4 Å². The quantitative estimate of drug-likeness (QED) is 0.895. The predicted octanol–water partition coefficient (Wildman–Crippen LogP) is 2.70. The number of nitrogens with zero attached hydrogens (tertiary/aromatic N) is 3. The van der Waals surface area contributed by atoms with Gasteiger partial charge in [-0.2, -0.15) is 0 Å². The predicted molar refractivity (Wildman–Crippen MR) is 96.0 cm³/mol. The van der Waals surface area contributed by atoms with Crippen molar-refractivity contribution in [3.63, 3.8) is 0 Å². The molecule has 142 valence electrons. The number of anilines is 1. The van der Waals surface area contributed by atoms with Crippen molar-refractivity contribution >= 4 is 17.8 Å². The topological polar surface area (TPSA) is 65.5 Å². The van der Waals surface area contributed by atoms with Crippen LogP contribution in [0.5, 0.6) is 0 Å². The summed E-state index contributed by atoms with van der Waals surface area (Å²) in [6.07, 6.45) is 2.75. The molecule has 6 nitrogen and oxygen atoms in total. The molecule has 1 atom stereocenters. The summed E-state index contributed by atoms with van der Waals surface area (Å²) < 4.78 is 26.9. The molecule has 8 heteroatoms. The maximum atomic E-state index is 13.9. The number of carbonyl (C=O) groups is 2. The number of pyridine rings is 1. The summed E-state index contributed by atoms with van der Waals surface area (Å²) in [5, 5.41) is 2.71. The van der Waals surface area contributed by atoms with Crippen LogP contribution < -0.4 is 10.2 Å². The van der Waals surface area contributed by atoms with Gasteiger partial charge >= 0.3 is 6.03 Å². The van der Waals surface area contributed by atoms with Crippen LogP contribution in [0.2, 0.25) is 0 Å². The van der Waals surface area contributed by atoms with Crippen molar-refractivity contribution in [2.45, 2.75) is 25.4 Å². The van der Waals surface area contributed by atoms with E-state index in [1.807, 2.05) is 0 Å². The summed E-state index contributed by atoms with van der Waals surface area (Å²) in [6.45, 7) is 0.492. The van der Waals surface area contributed by atoms with Crippen molar-refractivity contribution in [1.82, 2.24) is 15.2 Å². The third-order valence-corrected chi connectivity index (χ3v) is 4.50. The highest BCUT2D eigenvalue weighted by Gasteiger charge is 2.31. The lowest BCUT2D eigenvalue weighted by Gasteiger charge is -2.33. The average Bonchev–Trinajstić information content (AvgIpc) is 2.67. The highest BCUT2D eigenvalue weighted by molar-refractivity contribution is 5.94. The highest BCUT2D eigenvalue weighted by atomic mass is 19.1. The Balaban J connectivity index is 1.65. The fourth-order valence-corrected chi connectivity index (χ4v) is 2.99. The van der Waals surface area contributed by atoms with Crippen molar-refractivity contribution in [3.05, 3.63) is 59.8 Å². The molecule has 1 aromatic heterocycles. The summed E-state index contributed by atoms with van der Waals surface area (Å²) in [7, 11) is 1.57. The molecule has 1 N–H and O–H groups in total. The molecule has 2 heterocycles. The molecule has 0 saturated carbocycles. The van der Waals surface area contributed by atoms with E-state index in [1.165, 1.54) is 15.9 Å². The molecule has 1 fully saturated rings. The van der Waals surface area contributed by atoms with E-state index < -0.39 is 23.7 Å². The first-order valence-electron chi connectivity index (χ1n) is 8.63. The van der Waals surface area contributed by atoms with Gasteiger partial charge in [-0.3, -0.25) is 9.69 Å². The van der Waals surface area contributed by atoms with E-state index in [-0.39, 0.29) is 18.0 Å². The number of rotatable bonds is 4. The van der Waals surface area contributed by atoms with Crippen LogP contribution in [0, 0.1) is 11.6 Å². The van der Waals surface area contributed by atoms with Crippen LogP contribution in [0.1, 0.15) is 18.4 Å². The fraction of sp³-hybridized carbons (Fsp3) is 0.316. The molecule has 1 aliphatic heterocycles. The average molecular weight is 374 g/mol. The van der Waals surface area contributed by atoms with Crippen LogP contribution in [0.15, 0.2) is 42.6 Å². The summed E-state index contributed by atoms with van der Waals surface area (Å²) in [4.78, 5) is 32.0. The molecule has 2 aromatic rings. The first kappa shape index (κ1) is 18.8. The summed E-state index contributed by atoms with van der Waals surface area (Å²) in [5.74, 6) is -1.18. The second kappa shape index (κ2) is 8.11. The highest BCUT2D eigenvalue weighted by Crippen LogP contribution is 2.18. The molecule has 27 heavy (non-hydrogen) atoms. The van der Waals surface area contributed by atoms with Gasteiger partial charge in [0.2, 0.25) is 5.91 Å². The molecular weight excluding hydrogens is 354 g/mol. The van der Waals surface area contributed by atoms with Crippen molar-refractivity contribution in [1.29, 1.82) is 0 Å². The molecule has 0 aliphatic carbocycles. The maximum Gasteiger partial charge on any atom is 0.323 e. The SMILES string of the molecule is CN(C(=O)N[C@H]1CCCN(Cc2ccc(F)cc2F)C1=O)c1ccccn1. The number of aromatic nitrogens is 1. The lowest BCUT2D eigenvalue weighted by Crippen LogP contribution is -2.54. The Morgan fingerprint density at radius 1 is 1.33 bits per heavy atom. The van der Waals surface area contributed by atoms with Crippen molar-refractivity contribution in [2.24, 2.45) is 0 Å². The molecule has 0 spiro atoms. The number of urea groups is 1. The normalized spacial score (nSPS) is 16.9. The Kier molecular flexibility index (Phi) is 5.63. The van der Waals surface area contributed by atoms with Gasteiger partial charge in [-0.05, 0) is 31.0 Å². The lowest BCUT2D eigenvalue weighted by molar-refractivity contribution is -0.136. The molecule has 3 rings (SSSR count). The zero-order valence-corrected chi connectivity index (χ0v) is 14.9. The van der Waals surface area contributed by atoms with Gasteiger partial charge in [-0.15, -0.1) is 0 Å². The maximum absolute atomic E-state index is 13.9. The monoisotopic (exact) mass is 374 g/mol. The van der Waals surface area contributed by atoms with Crippen LogP contribution >= 0.6 is 0 Å². The van der Waals surface area contributed by atoms with Crippen LogP contribution in [-0.2, 0) is 11.3 Å². The number of benzene rings is 1. The standard InChI is InChI=1S/C19H20F2N4O2/c1-24(17-6-2-3-9-22-17)19(27)23-16-5-4-10-25(18(16)26)12-13-7-8-14(20)11-15(13)21/h2-3,6-9,11,16H,4-5,10,12H2,1H3,(H,23,27)/t16-/m0/s1. The molecule has 1 aliphatic rings. The van der Waals surface area contributed by atoms with Crippen molar-refractivity contribution in [3.8, 4) is 0 Å². The lowest BCUT2D eigenvalue weighted by atomic mass is 10.0. The Morgan fingerprint density at radius 2 is 2.15 bits per heavy atom. The number of piperidine rings is 1. The van der Waals surface area contributed by atoms with Gasteiger partial charge in [-0.25, -0.2) is 18.6 Å². The van der Waals surface area contributed by atoms with E-state index >= 15 is 0 Å².